The van der Waals surface area contributed by atoms with Gasteiger partial charge in [-0.15, -0.1) is 0 Å². The van der Waals surface area contributed by atoms with Crippen molar-refractivity contribution < 1.29 is 9.13 Å². The fourth-order valence-corrected chi connectivity index (χ4v) is 2.09. The standard InChI is InChI=1S/C14H14FN5O/c1-7(2)21-10-4-3-8(5-9(10)15)12-11-13(16)17-6-18-14(11)20-19-12/h3-7H,1-2H3,(H3,16,17,18,19,20). The highest BCUT2D eigenvalue weighted by molar-refractivity contribution is 5.97. The molecule has 7 heteroatoms. The maximum Gasteiger partial charge on any atom is 0.186 e. The van der Waals surface area contributed by atoms with E-state index >= 15 is 0 Å². The van der Waals surface area contributed by atoms with E-state index in [0.29, 0.717) is 28.1 Å². The van der Waals surface area contributed by atoms with Crippen LogP contribution < -0.4 is 10.5 Å². The van der Waals surface area contributed by atoms with Crippen LogP contribution >= 0.6 is 0 Å². The second kappa shape index (κ2) is 5.01. The molecule has 0 saturated carbocycles. The first-order chi connectivity index (χ1) is 10.1. The monoisotopic (exact) mass is 287 g/mol. The predicted molar refractivity (Wildman–Crippen MR) is 77.3 cm³/mol. The fourth-order valence-electron chi connectivity index (χ4n) is 2.09. The molecule has 0 saturated heterocycles. The number of fused-ring (bicyclic) bond motifs is 1. The smallest absolute Gasteiger partial charge is 0.186 e. The number of aromatic amines is 1. The molecular formula is C14H14FN5O. The van der Waals surface area contributed by atoms with Crippen molar-refractivity contribution in [2.45, 2.75) is 20.0 Å². The number of benzene rings is 1. The highest BCUT2D eigenvalue weighted by atomic mass is 19.1. The molecule has 0 aliphatic heterocycles. The lowest BCUT2D eigenvalue weighted by molar-refractivity contribution is 0.231. The van der Waals surface area contributed by atoms with Crippen molar-refractivity contribution in [1.82, 2.24) is 20.2 Å². The Morgan fingerprint density at radius 1 is 1.29 bits per heavy atom. The molecule has 1 aromatic carbocycles. The van der Waals surface area contributed by atoms with Crippen molar-refractivity contribution in [3.8, 4) is 17.0 Å². The Labute approximate surface area is 120 Å². The first-order valence-corrected chi connectivity index (χ1v) is 6.47. The minimum atomic E-state index is -0.445. The number of nitrogens with one attached hydrogen (secondary N) is 1. The number of aromatic nitrogens is 4. The van der Waals surface area contributed by atoms with Gasteiger partial charge in [0.2, 0.25) is 0 Å². The molecule has 108 valence electrons. The van der Waals surface area contributed by atoms with Gasteiger partial charge in [0.25, 0.3) is 0 Å². The van der Waals surface area contributed by atoms with Gasteiger partial charge in [-0.1, -0.05) is 0 Å². The molecule has 2 heterocycles. The van der Waals surface area contributed by atoms with Gasteiger partial charge < -0.3 is 10.5 Å². The van der Waals surface area contributed by atoms with Crippen molar-refractivity contribution in [3.05, 3.63) is 30.3 Å². The summed E-state index contributed by atoms with van der Waals surface area (Å²) in [7, 11) is 0. The predicted octanol–water partition coefficient (Wildman–Crippen LogP) is 2.53. The molecule has 0 spiro atoms. The van der Waals surface area contributed by atoms with Crippen LogP contribution in [-0.2, 0) is 0 Å². The summed E-state index contributed by atoms with van der Waals surface area (Å²) in [6, 6.07) is 4.69. The molecule has 21 heavy (non-hydrogen) atoms. The van der Waals surface area contributed by atoms with Crippen molar-refractivity contribution in [2.24, 2.45) is 0 Å². The normalized spacial score (nSPS) is 11.2. The number of nitrogens with two attached hydrogens (primary N) is 1. The zero-order chi connectivity index (χ0) is 15.0. The maximum atomic E-state index is 14.1. The summed E-state index contributed by atoms with van der Waals surface area (Å²) in [6.07, 6.45) is 1.24. The third kappa shape index (κ3) is 2.37. The maximum absolute atomic E-state index is 14.1. The number of halogens is 1. The van der Waals surface area contributed by atoms with E-state index in [9.17, 15) is 4.39 Å². The van der Waals surface area contributed by atoms with Crippen LogP contribution in [0.4, 0.5) is 10.2 Å². The summed E-state index contributed by atoms with van der Waals surface area (Å²) in [5.41, 5.74) is 7.47. The van der Waals surface area contributed by atoms with Crippen molar-refractivity contribution in [3.63, 3.8) is 0 Å². The molecular weight excluding hydrogens is 273 g/mol. The Morgan fingerprint density at radius 3 is 2.81 bits per heavy atom. The number of hydrogen-bond donors (Lipinski definition) is 2. The molecule has 0 amide bonds. The van der Waals surface area contributed by atoms with E-state index in [1.54, 1.807) is 12.1 Å². The van der Waals surface area contributed by atoms with Crippen LogP contribution in [0.2, 0.25) is 0 Å². The van der Waals surface area contributed by atoms with Crippen LogP contribution in [0.5, 0.6) is 5.75 Å². The number of rotatable bonds is 3. The molecule has 0 atom stereocenters. The number of ether oxygens (including phenoxy) is 1. The van der Waals surface area contributed by atoms with Gasteiger partial charge in [-0.3, -0.25) is 5.10 Å². The van der Waals surface area contributed by atoms with Gasteiger partial charge in [0, 0.05) is 5.56 Å². The summed E-state index contributed by atoms with van der Waals surface area (Å²) in [6.45, 7) is 3.68. The van der Waals surface area contributed by atoms with Crippen molar-refractivity contribution in [2.75, 3.05) is 5.73 Å². The molecule has 0 unspecified atom stereocenters. The van der Waals surface area contributed by atoms with Gasteiger partial charge in [0.15, 0.2) is 17.2 Å². The highest BCUT2D eigenvalue weighted by Crippen LogP contribution is 2.31. The Kier molecular flexibility index (Phi) is 3.17. The molecule has 3 rings (SSSR count). The zero-order valence-electron chi connectivity index (χ0n) is 11.6. The summed E-state index contributed by atoms with van der Waals surface area (Å²) in [4.78, 5) is 7.95. The molecule has 0 radical (unpaired) electrons. The van der Waals surface area contributed by atoms with E-state index in [2.05, 4.69) is 20.2 Å². The summed E-state index contributed by atoms with van der Waals surface area (Å²) in [5.74, 6) is 0.0628. The van der Waals surface area contributed by atoms with Crippen LogP contribution in [0.3, 0.4) is 0 Å². The van der Waals surface area contributed by atoms with Gasteiger partial charge >= 0.3 is 0 Å². The van der Waals surface area contributed by atoms with Crippen LogP contribution in [0, 0.1) is 5.82 Å². The van der Waals surface area contributed by atoms with Crippen LogP contribution in [0.25, 0.3) is 22.3 Å². The zero-order valence-corrected chi connectivity index (χ0v) is 11.6. The van der Waals surface area contributed by atoms with Gasteiger partial charge in [-0.2, -0.15) is 5.10 Å². The molecule has 3 aromatic rings. The lowest BCUT2D eigenvalue weighted by atomic mass is 10.1. The molecule has 6 nitrogen and oxygen atoms in total. The largest absolute Gasteiger partial charge is 0.488 e. The SMILES string of the molecule is CC(C)Oc1ccc(-c2[nH]nc3ncnc(N)c23)cc1F. The summed E-state index contributed by atoms with van der Waals surface area (Å²) >= 11 is 0. The third-order valence-electron chi connectivity index (χ3n) is 2.96. The van der Waals surface area contributed by atoms with E-state index in [-0.39, 0.29) is 11.9 Å². The second-order valence-electron chi connectivity index (χ2n) is 4.87. The van der Waals surface area contributed by atoms with E-state index in [4.69, 9.17) is 10.5 Å². The average Bonchev–Trinajstić information content (AvgIpc) is 2.86. The number of hydrogen-bond acceptors (Lipinski definition) is 5. The molecule has 0 aliphatic carbocycles. The van der Waals surface area contributed by atoms with Gasteiger partial charge in [-0.25, -0.2) is 14.4 Å². The molecule has 0 bridgehead atoms. The van der Waals surface area contributed by atoms with E-state index in [0.717, 1.165) is 0 Å². The Balaban J connectivity index is 2.09. The molecule has 0 aliphatic rings. The van der Waals surface area contributed by atoms with Crippen molar-refractivity contribution >= 4 is 16.9 Å². The highest BCUT2D eigenvalue weighted by Gasteiger charge is 2.14. The molecule has 0 fully saturated rings. The second-order valence-corrected chi connectivity index (χ2v) is 4.87. The Hall–Kier alpha value is -2.70. The van der Waals surface area contributed by atoms with E-state index < -0.39 is 5.82 Å². The molecule has 2 aromatic heterocycles. The molecule has 3 N–H and O–H groups in total. The van der Waals surface area contributed by atoms with Gasteiger partial charge in [0.05, 0.1) is 17.2 Å². The first-order valence-electron chi connectivity index (χ1n) is 6.47. The first kappa shape index (κ1) is 13.3. The number of anilines is 1. The summed E-state index contributed by atoms with van der Waals surface area (Å²) in [5, 5.41) is 7.44. The van der Waals surface area contributed by atoms with E-state index in [1.807, 2.05) is 13.8 Å². The van der Waals surface area contributed by atoms with E-state index in [1.165, 1.54) is 12.4 Å². The quantitative estimate of drug-likeness (QED) is 0.772. The van der Waals surface area contributed by atoms with Crippen LogP contribution in [0.1, 0.15) is 13.8 Å². The lowest BCUT2D eigenvalue weighted by Crippen LogP contribution is -2.06. The number of nitrogen functional groups attached to an aromatic ring is 1. The number of nitrogens with zero attached hydrogens (tertiary/aromatic N) is 3. The average molecular weight is 287 g/mol. The number of H-pyrrole nitrogens is 1. The lowest BCUT2D eigenvalue weighted by Gasteiger charge is -2.11. The van der Waals surface area contributed by atoms with Crippen LogP contribution in [0.15, 0.2) is 24.5 Å². The van der Waals surface area contributed by atoms with Gasteiger partial charge in [-0.05, 0) is 32.0 Å². The fraction of sp³-hybridized carbons (Fsp3) is 0.214. The topological polar surface area (TPSA) is 89.7 Å². The summed E-state index contributed by atoms with van der Waals surface area (Å²) < 4.78 is 19.5. The van der Waals surface area contributed by atoms with Gasteiger partial charge in [0.1, 0.15) is 12.1 Å². The minimum Gasteiger partial charge on any atom is -0.488 e. The third-order valence-corrected chi connectivity index (χ3v) is 2.96. The minimum absolute atomic E-state index is 0.0950. The van der Waals surface area contributed by atoms with Crippen LogP contribution in [-0.4, -0.2) is 26.3 Å². The van der Waals surface area contributed by atoms with Crippen molar-refractivity contribution in [1.29, 1.82) is 0 Å². The Bertz CT molecular complexity index is 799. The Morgan fingerprint density at radius 2 is 2.10 bits per heavy atom.